The monoisotopic (exact) mass is 257 g/mol. The Kier molecular flexibility index (Phi) is 4.47. The van der Waals surface area contributed by atoms with Crippen LogP contribution in [0.2, 0.25) is 0 Å². The number of hydrogen-bond acceptors (Lipinski definition) is 4. The number of hydrogen-bond donors (Lipinski definition) is 1. The SMILES string of the molecule is CCc1nc(C)ccc1Oc1ccnc(CNC)c1. The van der Waals surface area contributed by atoms with Gasteiger partial charge in [0.1, 0.15) is 11.5 Å². The quantitative estimate of drug-likeness (QED) is 0.894. The largest absolute Gasteiger partial charge is 0.455 e. The van der Waals surface area contributed by atoms with Crippen molar-refractivity contribution in [1.82, 2.24) is 15.3 Å². The predicted octanol–water partition coefficient (Wildman–Crippen LogP) is 2.86. The molecule has 0 fully saturated rings. The highest BCUT2D eigenvalue weighted by Crippen LogP contribution is 2.25. The van der Waals surface area contributed by atoms with E-state index in [1.807, 2.05) is 38.2 Å². The van der Waals surface area contributed by atoms with Gasteiger partial charge >= 0.3 is 0 Å². The summed E-state index contributed by atoms with van der Waals surface area (Å²) < 4.78 is 5.91. The van der Waals surface area contributed by atoms with E-state index in [0.717, 1.165) is 41.5 Å². The van der Waals surface area contributed by atoms with Crippen LogP contribution in [0.1, 0.15) is 24.0 Å². The summed E-state index contributed by atoms with van der Waals surface area (Å²) in [6, 6.07) is 7.73. The molecule has 2 aromatic heterocycles. The summed E-state index contributed by atoms with van der Waals surface area (Å²) in [5.74, 6) is 1.61. The lowest BCUT2D eigenvalue weighted by Crippen LogP contribution is -2.06. The third kappa shape index (κ3) is 3.51. The molecule has 4 heteroatoms. The molecule has 2 rings (SSSR count). The number of nitrogens with one attached hydrogen (secondary N) is 1. The maximum absolute atomic E-state index is 5.91. The molecule has 0 bridgehead atoms. The Morgan fingerprint density at radius 2 is 2.11 bits per heavy atom. The van der Waals surface area contributed by atoms with E-state index in [9.17, 15) is 0 Å². The molecule has 19 heavy (non-hydrogen) atoms. The smallest absolute Gasteiger partial charge is 0.148 e. The van der Waals surface area contributed by atoms with Crippen molar-refractivity contribution in [2.45, 2.75) is 26.8 Å². The second kappa shape index (κ2) is 6.29. The molecule has 0 amide bonds. The van der Waals surface area contributed by atoms with Crippen molar-refractivity contribution in [2.75, 3.05) is 7.05 Å². The fraction of sp³-hybridized carbons (Fsp3) is 0.333. The summed E-state index contributed by atoms with van der Waals surface area (Å²) >= 11 is 0. The summed E-state index contributed by atoms with van der Waals surface area (Å²) in [5, 5.41) is 3.07. The number of aromatic nitrogens is 2. The topological polar surface area (TPSA) is 47.0 Å². The first-order chi connectivity index (χ1) is 9.22. The van der Waals surface area contributed by atoms with Crippen LogP contribution in [0, 0.1) is 6.92 Å². The van der Waals surface area contributed by atoms with Gasteiger partial charge in [0.15, 0.2) is 0 Å². The highest BCUT2D eigenvalue weighted by atomic mass is 16.5. The maximum atomic E-state index is 5.91. The van der Waals surface area contributed by atoms with E-state index >= 15 is 0 Å². The van der Waals surface area contributed by atoms with Crippen LogP contribution in [0.15, 0.2) is 30.5 Å². The molecule has 1 N–H and O–H groups in total. The second-order valence-electron chi connectivity index (χ2n) is 4.37. The van der Waals surface area contributed by atoms with Crippen molar-refractivity contribution in [3.63, 3.8) is 0 Å². The van der Waals surface area contributed by atoms with Gasteiger partial charge in [-0.1, -0.05) is 6.92 Å². The molecule has 0 radical (unpaired) electrons. The van der Waals surface area contributed by atoms with E-state index < -0.39 is 0 Å². The van der Waals surface area contributed by atoms with Crippen molar-refractivity contribution in [1.29, 1.82) is 0 Å². The summed E-state index contributed by atoms with van der Waals surface area (Å²) in [6.07, 6.45) is 2.61. The Labute approximate surface area is 113 Å². The minimum absolute atomic E-state index is 0.726. The minimum Gasteiger partial charge on any atom is -0.455 e. The number of nitrogens with zero attached hydrogens (tertiary/aromatic N) is 2. The first-order valence-electron chi connectivity index (χ1n) is 6.47. The molecule has 0 aromatic carbocycles. The molecule has 2 aromatic rings. The van der Waals surface area contributed by atoms with Crippen molar-refractivity contribution in [2.24, 2.45) is 0 Å². The van der Waals surface area contributed by atoms with Crippen molar-refractivity contribution in [3.8, 4) is 11.5 Å². The lowest BCUT2D eigenvalue weighted by atomic mass is 10.2. The number of rotatable bonds is 5. The Balaban J connectivity index is 2.23. The van der Waals surface area contributed by atoms with Gasteiger partial charge in [-0.3, -0.25) is 9.97 Å². The molecule has 100 valence electrons. The lowest BCUT2D eigenvalue weighted by Gasteiger charge is -2.10. The first-order valence-corrected chi connectivity index (χ1v) is 6.47. The summed E-state index contributed by atoms with van der Waals surface area (Å²) in [5.41, 5.74) is 2.94. The van der Waals surface area contributed by atoms with Crippen LogP contribution in [-0.4, -0.2) is 17.0 Å². The van der Waals surface area contributed by atoms with Crippen molar-refractivity contribution in [3.05, 3.63) is 47.5 Å². The van der Waals surface area contributed by atoms with Gasteiger partial charge in [0.2, 0.25) is 0 Å². The molecular formula is C15H19N3O. The predicted molar refractivity (Wildman–Crippen MR) is 75.4 cm³/mol. The molecule has 0 aliphatic heterocycles. The van der Waals surface area contributed by atoms with E-state index in [2.05, 4.69) is 22.2 Å². The first kappa shape index (κ1) is 13.5. The van der Waals surface area contributed by atoms with Crippen molar-refractivity contribution < 1.29 is 4.74 Å². The lowest BCUT2D eigenvalue weighted by molar-refractivity contribution is 0.471. The zero-order valence-corrected chi connectivity index (χ0v) is 11.6. The van der Waals surface area contributed by atoms with Gasteiger partial charge in [0, 0.05) is 24.5 Å². The molecule has 4 nitrogen and oxygen atoms in total. The van der Waals surface area contributed by atoms with Crippen LogP contribution in [-0.2, 0) is 13.0 Å². The normalized spacial score (nSPS) is 10.5. The molecule has 0 atom stereocenters. The van der Waals surface area contributed by atoms with E-state index in [-0.39, 0.29) is 0 Å². The highest BCUT2D eigenvalue weighted by Gasteiger charge is 2.06. The van der Waals surface area contributed by atoms with E-state index in [4.69, 9.17) is 4.74 Å². The minimum atomic E-state index is 0.726. The second-order valence-corrected chi connectivity index (χ2v) is 4.37. The molecule has 0 unspecified atom stereocenters. The molecule has 0 spiro atoms. The van der Waals surface area contributed by atoms with Gasteiger partial charge in [-0.25, -0.2) is 0 Å². The number of aryl methyl sites for hydroxylation is 2. The number of ether oxygens (including phenoxy) is 1. The highest BCUT2D eigenvalue weighted by molar-refractivity contribution is 5.35. The van der Waals surface area contributed by atoms with Crippen LogP contribution in [0.25, 0.3) is 0 Å². The van der Waals surface area contributed by atoms with Gasteiger partial charge in [0.25, 0.3) is 0 Å². The summed E-state index contributed by atoms with van der Waals surface area (Å²) in [4.78, 5) is 8.76. The molecule has 0 saturated carbocycles. The van der Waals surface area contributed by atoms with E-state index in [0.29, 0.717) is 0 Å². The molecule has 0 aliphatic rings. The van der Waals surface area contributed by atoms with Gasteiger partial charge < -0.3 is 10.1 Å². The third-order valence-electron chi connectivity index (χ3n) is 2.78. The van der Waals surface area contributed by atoms with Crippen LogP contribution in [0.5, 0.6) is 11.5 Å². The zero-order chi connectivity index (χ0) is 13.7. The van der Waals surface area contributed by atoms with Crippen LogP contribution < -0.4 is 10.1 Å². The summed E-state index contributed by atoms with van der Waals surface area (Å²) in [6.45, 7) is 4.79. The summed E-state index contributed by atoms with van der Waals surface area (Å²) in [7, 11) is 1.90. The Morgan fingerprint density at radius 3 is 2.84 bits per heavy atom. The van der Waals surface area contributed by atoms with E-state index in [1.54, 1.807) is 6.20 Å². The zero-order valence-electron chi connectivity index (χ0n) is 11.6. The standard InChI is InChI=1S/C15H19N3O/c1-4-14-15(6-5-11(2)18-14)19-13-7-8-17-12(9-13)10-16-3/h5-9,16H,4,10H2,1-3H3. The van der Waals surface area contributed by atoms with Gasteiger partial charge in [-0.05, 0) is 38.6 Å². The van der Waals surface area contributed by atoms with Gasteiger partial charge in [-0.2, -0.15) is 0 Å². The van der Waals surface area contributed by atoms with Gasteiger partial charge in [-0.15, -0.1) is 0 Å². The fourth-order valence-electron chi connectivity index (χ4n) is 1.87. The maximum Gasteiger partial charge on any atom is 0.148 e. The van der Waals surface area contributed by atoms with Crippen LogP contribution in [0.3, 0.4) is 0 Å². The molecule has 0 saturated heterocycles. The number of pyridine rings is 2. The third-order valence-corrected chi connectivity index (χ3v) is 2.78. The Hall–Kier alpha value is -1.94. The molecule has 2 heterocycles. The molecule has 0 aliphatic carbocycles. The van der Waals surface area contributed by atoms with E-state index in [1.165, 1.54) is 0 Å². The van der Waals surface area contributed by atoms with Crippen LogP contribution >= 0.6 is 0 Å². The molecular weight excluding hydrogens is 238 g/mol. The Bertz CT molecular complexity index is 555. The van der Waals surface area contributed by atoms with Crippen molar-refractivity contribution >= 4 is 0 Å². The van der Waals surface area contributed by atoms with Gasteiger partial charge in [0.05, 0.1) is 11.4 Å². The fourth-order valence-corrected chi connectivity index (χ4v) is 1.87. The average Bonchev–Trinajstić information content (AvgIpc) is 2.41. The van der Waals surface area contributed by atoms with Crippen LogP contribution in [0.4, 0.5) is 0 Å². The Morgan fingerprint density at radius 1 is 1.26 bits per heavy atom. The average molecular weight is 257 g/mol.